The number of carbonyl (C=O) groups is 2. The first-order valence-corrected chi connectivity index (χ1v) is 5.54. The molecule has 0 saturated carbocycles. The van der Waals surface area contributed by atoms with Crippen molar-refractivity contribution in [2.45, 2.75) is 40.5 Å². The lowest BCUT2D eigenvalue weighted by Gasteiger charge is -2.22. The second kappa shape index (κ2) is 6.59. The molecule has 0 amide bonds. The molecule has 0 rings (SSSR count). The smallest absolute Gasteiger partial charge is 0.306 e. The first-order valence-electron chi connectivity index (χ1n) is 5.54. The molecule has 0 N–H and O–H groups in total. The van der Waals surface area contributed by atoms with Crippen LogP contribution in [0.25, 0.3) is 0 Å². The summed E-state index contributed by atoms with van der Waals surface area (Å²) in [7, 11) is 1.36. The molecule has 0 aliphatic carbocycles. The fourth-order valence-electron chi connectivity index (χ4n) is 1.56. The number of ether oxygens (including phenoxy) is 1. The van der Waals surface area contributed by atoms with Crippen molar-refractivity contribution in [2.75, 3.05) is 7.11 Å². The van der Waals surface area contributed by atoms with Crippen LogP contribution >= 0.6 is 0 Å². The first-order chi connectivity index (χ1) is 6.93. The molecule has 2 atom stereocenters. The van der Waals surface area contributed by atoms with Gasteiger partial charge in [-0.05, 0) is 5.92 Å². The van der Waals surface area contributed by atoms with E-state index in [4.69, 9.17) is 0 Å². The Morgan fingerprint density at radius 3 is 2.07 bits per heavy atom. The standard InChI is InChI=1S/C12H22O3/c1-6-9(4)10(7-11(13)15-5)12(14)8(2)3/h8-10H,6-7H2,1-5H3/t9-,10-/m0/s1. The maximum Gasteiger partial charge on any atom is 0.306 e. The molecule has 0 aromatic rings. The SMILES string of the molecule is CC[C@H](C)[C@H](CC(=O)OC)C(=O)C(C)C. The Labute approximate surface area is 92.2 Å². The zero-order valence-electron chi connectivity index (χ0n) is 10.4. The predicted octanol–water partition coefficient (Wildman–Crippen LogP) is 2.44. The van der Waals surface area contributed by atoms with Crippen LogP contribution in [0, 0.1) is 17.8 Å². The van der Waals surface area contributed by atoms with Gasteiger partial charge in [-0.15, -0.1) is 0 Å². The van der Waals surface area contributed by atoms with Crippen LogP contribution in [0.2, 0.25) is 0 Å². The van der Waals surface area contributed by atoms with E-state index in [0.29, 0.717) is 0 Å². The van der Waals surface area contributed by atoms with E-state index in [1.165, 1.54) is 7.11 Å². The molecule has 0 fully saturated rings. The highest BCUT2D eigenvalue weighted by Crippen LogP contribution is 2.23. The third-order valence-electron chi connectivity index (χ3n) is 2.88. The largest absolute Gasteiger partial charge is 0.469 e. The number of rotatable bonds is 6. The lowest BCUT2D eigenvalue weighted by molar-refractivity contribution is -0.145. The Bertz CT molecular complexity index is 221. The summed E-state index contributed by atoms with van der Waals surface area (Å²) in [6.07, 6.45) is 1.11. The highest BCUT2D eigenvalue weighted by molar-refractivity contribution is 5.86. The summed E-state index contributed by atoms with van der Waals surface area (Å²) in [5.74, 6) is -0.112. The predicted molar refractivity (Wildman–Crippen MR) is 59.4 cm³/mol. The van der Waals surface area contributed by atoms with E-state index in [0.717, 1.165) is 6.42 Å². The molecule has 0 aliphatic heterocycles. The molecule has 0 heterocycles. The fraction of sp³-hybridized carbons (Fsp3) is 0.833. The van der Waals surface area contributed by atoms with Crippen LogP contribution in [-0.2, 0) is 14.3 Å². The Morgan fingerprint density at radius 1 is 1.20 bits per heavy atom. The highest BCUT2D eigenvalue weighted by atomic mass is 16.5. The van der Waals surface area contributed by atoms with Gasteiger partial charge in [0, 0.05) is 11.8 Å². The fourth-order valence-corrected chi connectivity index (χ4v) is 1.56. The lowest BCUT2D eigenvalue weighted by Crippen LogP contribution is -2.28. The van der Waals surface area contributed by atoms with Crippen molar-refractivity contribution >= 4 is 11.8 Å². The summed E-state index contributed by atoms with van der Waals surface area (Å²) in [6, 6.07) is 0. The van der Waals surface area contributed by atoms with Crippen molar-refractivity contribution in [3.63, 3.8) is 0 Å². The third-order valence-corrected chi connectivity index (χ3v) is 2.88. The average molecular weight is 214 g/mol. The molecule has 15 heavy (non-hydrogen) atoms. The second-order valence-corrected chi connectivity index (χ2v) is 4.33. The van der Waals surface area contributed by atoms with Gasteiger partial charge in [0.25, 0.3) is 0 Å². The number of carbonyl (C=O) groups excluding carboxylic acids is 2. The number of ketones is 1. The van der Waals surface area contributed by atoms with Gasteiger partial charge in [0.2, 0.25) is 0 Å². The van der Waals surface area contributed by atoms with Crippen LogP contribution in [0.15, 0.2) is 0 Å². The van der Waals surface area contributed by atoms with Gasteiger partial charge in [-0.2, -0.15) is 0 Å². The second-order valence-electron chi connectivity index (χ2n) is 4.33. The maximum absolute atomic E-state index is 11.9. The first kappa shape index (κ1) is 14.1. The van der Waals surface area contributed by atoms with Crippen molar-refractivity contribution < 1.29 is 14.3 Å². The summed E-state index contributed by atoms with van der Waals surface area (Å²) in [4.78, 5) is 23.1. The average Bonchev–Trinajstić information content (AvgIpc) is 2.23. The van der Waals surface area contributed by atoms with Crippen LogP contribution in [-0.4, -0.2) is 18.9 Å². The molecule has 0 aromatic carbocycles. The quantitative estimate of drug-likeness (QED) is 0.638. The van der Waals surface area contributed by atoms with Crippen LogP contribution < -0.4 is 0 Å². The zero-order valence-corrected chi connectivity index (χ0v) is 10.4. The maximum atomic E-state index is 11.9. The third kappa shape index (κ3) is 4.45. The number of esters is 1. The number of hydrogen-bond donors (Lipinski definition) is 0. The van der Waals surface area contributed by atoms with E-state index in [-0.39, 0.29) is 35.9 Å². The normalized spacial score (nSPS) is 14.8. The molecular weight excluding hydrogens is 192 g/mol. The van der Waals surface area contributed by atoms with Crippen LogP contribution in [0.1, 0.15) is 40.5 Å². The van der Waals surface area contributed by atoms with Gasteiger partial charge in [-0.25, -0.2) is 0 Å². The Kier molecular flexibility index (Phi) is 6.21. The van der Waals surface area contributed by atoms with E-state index >= 15 is 0 Å². The minimum absolute atomic E-state index is 0.0198. The summed E-state index contributed by atoms with van der Waals surface area (Å²) in [5, 5.41) is 0. The van der Waals surface area contributed by atoms with E-state index in [9.17, 15) is 9.59 Å². The van der Waals surface area contributed by atoms with Gasteiger partial charge in [0.15, 0.2) is 0 Å². The Morgan fingerprint density at radius 2 is 1.73 bits per heavy atom. The van der Waals surface area contributed by atoms with Crippen molar-refractivity contribution in [1.82, 2.24) is 0 Å². The van der Waals surface area contributed by atoms with E-state index in [1.54, 1.807) is 0 Å². The van der Waals surface area contributed by atoms with Crippen molar-refractivity contribution in [1.29, 1.82) is 0 Å². The Hall–Kier alpha value is -0.860. The summed E-state index contributed by atoms with van der Waals surface area (Å²) in [5.41, 5.74) is 0. The minimum Gasteiger partial charge on any atom is -0.469 e. The summed E-state index contributed by atoms with van der Waals surface area (Å²) < 4.78 is 4.61. The van der Waals surface area contributed by atoms with Gasteiger partial charge in [0.05, 0.1) is 13.5 Å². The molecule has 0 saturated heterocycles. The van der Waals surface area contributed by atoms with E-state index in [2.05, 4.69) is 4.74 Å². The molecule has 0 radical (unpaired) electrons. The molecular formula is C12H22O3. The zero-order chi connectivity index (χ0) is 12.0. The molecule has 0 bridgehead atoms. The lowest BCUT2D eigenvalue weighted by atomic mass is 9.82. The van der Waals surface area contributed by atoms with Crippen molar-refractivity contribution in [2.24, 2.45) is 17.8 Å². The van der Waals surface area contributed by atoms with Gasteiger partial charge in [-0.3, -0.25) is 9.59 Å². The van der Waals surface area contributed by atoms with Crippen molar-refractivity contribution in [3.05, 3.63) is 0 Å². The molecule has 0 spiro atoms. The number of Topliss-reactive ketones (excluding diaryl/α,β-unsaturated/α-hetero) is 1. The Balaban J connectivity index is 4.58. The summed E-state index contributed by atoms with van der Waals surface area (Å²) >= 11 is 0. The number of hydrogen-bond acceptors (Lipinski definition) is 3. The molecule has 3 heteroatoms. The topological polar surface area (TPSA) is 43.4 Å². The number of methoxy groups -OCH3 is 1. The van der Waals surface area contributed by atoms with Crippen LogP contribution in [0.4, 0.5) is 0 Å². The molecule has 3 nitrogen and oxygen atoms in total. The summed E-state index contributed by atoms with van der Waals surface area (Å²) in [6.45, 7) is 7.78. The van der Waals surface area contributed by atoms with Crippen LogP contribution in [0.3, 0.4) is 0 Å². The van der Waals surface area contributed by atoms with E-state index < -0.39 is 0 Å². The monoisotopic (exact) mass is 214 g/mol. The molecule has 88 valence electrons. The molecule has 0 unspecified atom stereocenters. The minimum atomic E-state index is -0.297. The van der Waals surface area contributed by atoms with Gasteiger partial charge in [-0.1, -0.05) is 34.1 Å². The van der Waals surface area contributed by atoms with Gasteiger partial charge < -0.3 is 4.74 Å². The van der Waals surface area contributed by atoms with E-state index in [1.807, 2.05) is 27.7 Å². The molecule has 0 aromatic heterocycles. The van der Waals surface area contributed by atoms with Gasteiger partial charge >= 0.3 is 5.97 Å². The highest BCUT2D eigenvalue weighted by Gasteiger charge is 2.28. The molecule has 0 aliphatic rings. The van der Waals surface area contributed by atoms with Crippen molar-refractivity contribution in [3.8, 4) is 0 Å². The van der Waals surface area contributed by atoms with Crippen LogP contribution in [0.5, 0.6) is 0 Å². The van der Waals surface area contributed by atoms with Gasteiger partial charge in [0.1, 0.15) is 5.78 Å².